The molecule has 0 atom stereocenters. The predicted molar refractivity (Wildman–Crippen MR) is 107 cm³/mol. The molecule has 0 spiro atoms. The summed E-state index contributed by atoms with van der Waals surface area (Å²) < 4.78 is 16.3. The molecule has 0 saturated carbocycles. The normalized spacial score (nSPS) is 11.8. The summed E-state index contributed by atoms with van der Waals surface area (Å²) in [4.78, 5) is 18.5. The number of halogens is 1. The van der Waals surface area contributed by atoms with E-state index in [1.54, 1.807) is 21.8 Å². The molecule has 6 heteroatoms. The van der Waals surface area contributed by atoms with Crippen LogP contribution in [0.1, 0.15) is 19.4 Å². The molecule has 0 aliphatic rings. The molecule has 0 fully saturated rings. The van der Waals surface area contributed by atoms with Crippen molar-refractivity contribution in [3.8, 4) is 11.1 Å². The second kappa shape index (κ2) is 9.62. The fourth-order valence-electron chi connectivity index (χ4n) is 2.60. The summed E-state index contributed by atoms with van der Waals surface area (Å²) in [6, 6.07) is 5.01. The quantitative estimate of drug-likeness (QED) is 0.526. The average Bonchev–Trinajstić information content (AvgIpc) is 3.10. The van der Waals surface area contributed by atoms with Gasteiger partial charge in [-0.25, -0.2) is 4.39 Å². The van der Waals surface area contributed by atoms with E-state index in [0.29, 0.717) is 18.7 Å². The van der Waals surface area contributed by atoms with Crippen molar-refractivity contribution in [2.75, 3.05) is 13.1 Å². The molecule has 27 heavy (non-hydrogen) atoms. The van der Waals surface area contributed by atoms with Gasteiger partial charge in [0, 0.05) is 37.5 Å². The van der Waals surface area contributed by atoms with Crippen LogP contribution < -0.4 is 0 Å². The minimum Gasteiger partial charge on any atom is -0.333 e. The lowest BCUT2D eigenvalue weighted by atomic mass is 10.1. The molecule has 0 N–H and O–H groups in total. The zero-order valence-electron chi connectivity index (χ0n) is 16.0. The van der Waals surface area contributed by atoms with Crippen LogP contribution >= 0.6 is 0 Å². The van der Waals surface area contributed by atoms with Crippen LogP contribution in [0, 0.1) is 5.82 Å². The molecule has 142 valence electrons. The number of nitrogens with zero attached hydrogens (tertiary/aromatic N) is 4. The molecule has 5 nitrogen and oxygen atoms in total. The number of aromatic nitrogens is 2. The molecule has 0 aliphatic heterocycles. The maximum absolute atomic E-state index is 14.6. The second-order valence-electron chi connectivity index (χ2n) is 6.03. The molecule has 0 aliphatic carbocycles. The largest absolute Gasteiger partial charge is 0.333 e. The van der Waals surface area contributed by atoms with Gasteiger partial charge in [-0.15, -0.1) is 0 Å². The Hall–Kier alpha value is -3.02. The first-order chi connectivity index (χ1) is 13.0. The van der Waals surface area contributed by atoms with Crippen LogP contribution in [0.3, 0.4) is 0 Å². The van der Waals surface area contributed by atoms with E-state index in [4.69, 9.17) is 0 Å². The number of rotatable bonds is 8. The van der Waals surface area contributed by atoms with Crippen LogP contribution in [0.25, 0.3) is 11.1 Å². The third kappa shape index (κ3) is 5.23. The van der Waals surface area contributed by atoms with E-state index in [1.165, 1.54) is 12.1 Å². The number of allylic oxidation sites excluding steroid dienone is 1. The van der Waals surface area contributed by atoms with Gasteiger partial charge in [-0.3, -0.25) is 14.5 Å². The number of aryl methyl sites for hydroxylation is 1. The number of carbonyl (C=O) groups excluding carboxylic acids is 1. The van der Waals surface area contributed by atoms with Crippen LogP contribution in [0.15, 0.2) is 60.4 Å². The minimum absolute atomic E-state index is 0.172. The Morgan fingerprint density at radius 1 is 1.41 bits per heavy atom. The van der Waals surface area contributed by atoms with Crippen molar-refractivity contribution in [2.45, 2.75) is 20.4 Å². The summed E-state index contributed by atoms with van der Waals surface area (Å²) in [7, 11) is 1.81. The van der Waals surface area contributed by atoms with Gasteiger partial charge in [-0.2, -0.15) is 5.10 Å². The van der Waals surface area contributed by atoms with Crippen molar-refractivity contribution in [3.63, 3.8) is 0 Å². The zero-order chi connectivity index (χ0) is 19.8. The summed E-state index contributed by atoms with van der Waals surface area (Å²) in [5, 5.41) is 4.10. The first kappa shape index (κ1) is 20.3. The summed E-state index contributed by atoms with van der Waals surface area (Å²) in [6.07, 6.45) is 8.67. The lowest BCUT2D eigenvalue weighted by molar-refractivity contribution is -0.124. The van der Waals surface area contributed by atoms with Gasteiger partial charge in [0.15, 0.2) is 0 Å². The van der Waals surface area contributed by atoms with Crippen LogP contribution in [-0.2, 0) is 18.4 Å². The van der Waals surface area contributed by atoms with Gasteiger partial charge in [0.25, 0.3) is 5.91 Å². The Bertz CT molecular complexity index is 867. The smallest absolute Gasteiger partial charge is 0.272 e. The van der Waals surface area contributed by atoms with Gasteiger partial charge < -0.3 is 4.90 Å². The van der Waals surface area contributed by atoms with Gasteiger partial charge in [-0.05, 0) is 31.6 Å². The molecule has 2 aromatic rings. The highest BCUT2D eigenvalue weighted by Crippen LogP contribution is 2.22. The number of amides is 1. The van der Waals surface area contributed by atoms with Crippen LogP contribution in [0.2, 0.25) is 0 Å². The van der Waals surface area contributed by atoms with Crippen molar-refractivity contribution < 1.29 is 9.18 Å². The van der Waals surface area contributed by atoms with Crippen LogP contribution in [0.4, 0.5) is 4.39 Å². The maximum Gasteiger partial charge on any atom is 0.272 e. The number of aliphatic imine (C=N–C) groups is 1. The second-order valence-corrected chi connectivity index (χ2v) is 6.03. The first-order valence-electron chi connectivity index (χ1n) is 8.84. The Morgan fingerprint density at radius 2 is 2.19 bits per heavy atom. The van der Waals surface area contributed by atoms with Crippen molar-refractivity contribution in [3.05, 3.63) is 66.8 Å². The molecule has 2 rings (SSSR count). The van der Waals surface area contributed by atoms with Crippen molar-refractivity contribution in [1.29, 1.82) is 0 Å². The van der Waals surface area contributed by atoms with Crippen molar-refractivity contribution >= 4 is 11.6 Å². The molecule has 1 aromatic heterocycles. The Morgan fingerprint density at radius 3 is 2.74 bits per heavy atom. The molecule has 0 saturated heterocycles. The van der Waals surface area contributed by atoms with E-state index in [-0.39, 0.29) is 24.0 Å². The number of carbonyl (C=O) groups is 1. The van der Waals surface area contributed by atoms with Gasteiger partial charge in [0.1, 0.15) is 11.5 Å². The van der Waals surface area contributed by atoms with Crippen molar-refractivity contribution in [2.24, 2.45) is 12.0 Å². The van der Waals surface area contributed by atoms with Crippen LogP contribution in [0.5, 0.6) is 0 Å². The fraction of sp³-hybridized carbons (Fsp3) is 0.286. The van der Waals surface area contributed by atoms with E-state index in [0.717, 1.165) is 11.1 Å². The van der Waals surface area contributed by atoms with E-state index in [1.807, 2.05) is 45.3 Å². The highest BCUT2D eigenvalue weighted by atomic mass is 19.1. The molecule has 0 radical (unpaired) electrons. The van der Waals surface area contributed by atoms with Crippen molar-refractivity contribution in [1.82, 2.24) is 14.7 Å². The predicted octanol–water partition coefficient (Wildman–Crippen LogP) is 3.78. The Balaban J connectivity index is 2.19. The Kier molecular flexibility index (Phi) is 7.23. The highest BCUT2D eigenvalue weighted by molar-refractivity contribution is 6.43. The van der Waals surface area contributed by atoms with Gasteiger partial charge in [-0.1, -0.05) is 30.9 Å². The molecule has 1 amide bonds. The number of hydrogen-bond acceptors (Lipinski definition) is 3. The lowest BCUT2D eigenvalue weighted by Gasteiger charge is -2.21. The van der Waals surface area contributed by atoms with E-state index in [9.17, 15) is 9.18 Å². The molecular formula is C21H25FN4O. The Labute approximate surface area is 159 Å². The summed E-state index contributed by atoms with van der Waals surface area (Å²) >= 11 is 0. The lowest BCUT2D eigenvalue weighted by Crippen LogP contribution is -2.35. The zero-order valence-corrected chi connectivity index (χ0v) is 16.0. The summed E-state index contributed by atoms with van der Waals surface area (Å²) in [6.45, 7) is 8.44. The van der Waals surface area contributed by atoms with E-state index in [2.05, 4.69) is 16.7 Å². The van der Waals surface area contributed by atoms with E-state index >= 15 is 0 Å². The molecule has 0 unspecified atom stereocenters. The topological polar surface area (TPSA) is 50.5 Å². The molecule has 1 aromatic carbocycles. The average molecular weight is 368 g/mol. The standard InChI is InChI=1S/C21H25FN4O/c1-5-8-11-23-20(6-2)21(27)26(7-3)15-17-10-9-16(12-19(17)22)18-13-24-25(4)14-18/h5-6,8-10,12-14H,2,7,11,15H2,1,3-4H3/b8-5-,23-20+. The van der Waals surface area contributed by atoms with Crippen LogP contribution in [-0.4, -0.2) is 39.4 Å². The van der Waals surface area contributed by atoms with Gasteiger partial charge in [0.2, 0.25) is 0 Å². The molecule has 1 heterocycles. The van der Waals surface area contributed by atoms with Gasteiger partial charge in [0.05, 0.1) is 12.7 Å². The number of benzene rings is 1. The third-order valence-electron chi connectivity index (χ3n) is 4.14. The van der Waals surface area contributed by atoms with E-state index < -0.39 is 0 Å². The third-order valence-corrected chi connectivity index (χ3v) is 4.14. The fourth-order valence-corrected chi connectivity index (χ4v) is 2.60. The first-order valence-corrected chi connectivity index (χ1v) is 8.84. The maximum atomic E-state index is 14.6. The molecule has 0 bridgehead atoms. The highest BCUT2D eigenvalue weighted by Gasteiger charge is 2.18. The summed E-state index contributed by atoms with van der Waals surface area (Å²) in [5.41, 5.74) is 2.33. The summed E-state index contributed by atoms with van der Waals surface area (Å²) in [5.74, 6) is -0.610. The molecular weight excluding hydrogens is 343 g/mol. The van der Waals surface area contributed by atoms with Gasteiger partial charge >= 0.3 is 0 Å². The number of hydrogen-bond donors (Lipinski definition) is 0. The minimum atomic E-state index is -0.353. The SMILES string of the molecule is C=C/C(=N\C/C=C\C)C(=O)N(CC)Cc1ccc(-c2cnn(C)c2)cc1F. The monoisotopic (exact) mass is 368 g/mol.